The first kappa shape index (κ1) is 21.0. The van der Waals surface area contributed by atoms with Gasteiger partial charge in [-0.3, -0.25) is 9.69 Å². The molecule has 0 spiro atoms. The van der Waals surface area contributed by atoms with Gasteiger partial charge in [-0.15, -0.1) is 0 Å². The van der Waals surface area contributed by atoms with Crippen LogP contribution in [0.2, 0.25) is 0 Å². The van der Waals surface area contributed by atoms with Gasteiger partial charge in [0.15, 0.2) is 0 Å². The molecule has 154 valence electrons. The van der Waals surface area contributed by atoms with Crippen LogP contribution in [0.5, 0.6) is 0 Å². The minimum Gasteiger partial charge on any atom is -0.293 e. The van der Waals surface area contributed by atoms with Crippen molar-refractivity contribution in [1.29, 1.82) is 0 Å². The highest BCUT2D eigenvalue weighted by Crippen LogP contribution is 2.39. The van der Waals surface area contributed by atoms with Gasteiger partial charge in [0.1, 0.15) is 5.84 Å². The number of benzene rings is 2. The fourth-order valence-electron chi connectivity index (χ4n) is 2.96. The molecule has 0 bridgehead atoms. The van der Waals surface area contributed by atoms with Gasteiger partial charge >= 0.3 is 11.8 Å². The van der Waals surface area contributed by atoms with Crippen LogP contribution < -0.4 is 4.72 Å². The number of carbonyl (C=O) groups is 1. The van der Waals surface area contributed by atoms with Crippen LogP contribution in [0.3, 0.4) is 0 Å². The molecule has 2 aromatic carbocycles. The lowest BCUT2D eigenvalue weighted by Crippen LogP contribution is -2.63. The maximum absolute atomic E-state index is 14.1. The number of aliphatic imine (C=N–C) groups is 1. The zero-order valence-corrected chi connectivity index (χ0v) is 16.2. The van der Waals surface area contributed by atoms with E-state index in [-0.39, 0.29) is 17.9 Å². The number of nitrogens with zero attached hydrogens (tertiary/aromatic N) is 2. The Labute approximate surface area is 166 Å². The normalized spacial score (nSPS) is 20.1. The SMILES string of the molecule is CCCN1C(=O)C(NS(=O)(=O)c2ccccc2)(C(F)(F)F)N=C1c1ccccc1. The van der Waals surface area contributed by atoms with Crippen LogP contribution in [0, 0.1) is 0 Å². The smallest absolute Gasteiger partial charge is 0.293 e. The van der Waals surface area contributed by atoms with E-state index in [1.54, 1.807) is 25.1 Å². The van der Waals surface area contributed by atoms with E-state index in [9.17, 15) is 26.4 Å². The Morgan fingerprint density at radius 3 is 2.10 bits per heavy atom. The molecule has 1 heterocycles. The third-order valence-electron chi connectivity index (χ3n) is 4.31. The minimum absolute atomic E-state index is 0.0442. The maximum atomic E-state index is 14.1. The molecule has 1 N–H and O–H groups in total. The highest BCUT2D eigenvalue weighted by Gasteiger charge is 2.67. The molecule has 1 aliphatic rings. The molecule has 2 aromatic rings. The quantitative estimate of drug-likeness (QED) is 0.773. The summed E-state index contributed by atoms with van der Waals surface area (Å²) in [5, 5.41) is 0. The predicted octanol–water partition coefficient (Wildman–Crippen LogP) is 2.92. The molecule has 0 aliphatic carbocycles. The number of halogens is 3. The van der Waals surface area contributed by atoms with Crippen LogP contribution in [0.25, 0.3) is 0 Å². The first-order valence-electron chi connectivity index (χ1n) is 8.75. The second kappa shape index (κ2) is 7.60. The first-order chi connectivity index (χ1) is 13.6. The Bertz CT molecular complexity index is 1020. The number of amidine groups is 1. The third-order valence-corrected chi connectivity index (χ3v) is 5.77. The van der Waals surface area contributed by atoms with Crippen molar-refractivity contribution >= 4 is 21.8 Å². The van der Waals surface area contributed by atoms with Gasteiger partial charge in [-0.1, -0.05) is 55.5 Å². The molecule has 0 aromatic heterocycles. The molecule has 1 unspecified atom stereocenters. The number of carbonyl (C=O) groups excluding carboxylic acids is 1. The van der Waals surface area contributed by atoms with Crippen LogP contribution >= 0.6 is 0 Å². The van der Waals surface area contributed by atoms with E-state index in [2.05, 4.69) is 4.99 Å². The summed E-state index contributed by atoms with van der Waals surface area (Å²) in [6.45, 7) is 1.65. The Morgan fingerprint density at radius 1 is 1.03 bits per heavy atom. The number of rotatable bonds is 6. The molecule has 0 radical (unpaired) electrons. The zero-order chi connectivity index (χ0) is 21.3. The largest absolute Gasteiger partial charge is 0.437 e. The minimum atomic E-state index is -5.30. The summed E-state index contributed by atoms with van der Waals surface area (Å²) < 4.78 is 69.2. The number of hydrogen-bond donors (Lipinski definition) is 1. The summed E-state index contributed by atoms with van der Waals surface area (Å²) >= 11 is 0. The third kappa shape index (κ3) is 3.77. The van der Waals surface area contributed by atoms with Crippen LogP contribution in [0.1, 0.15) is 18.9 Å². The molecule has 0 saturated carbocycles. The van der Waals surface area contributed by atoms with Crippen LogP contribution in [-0.2, 0) is 14.8 Å². The van der Waals surface area contributed by atoms with E-state index in [1.165, 1.54) is 35.1 Å². The van der Waals surface area contributed by atoms with E-state index >= 15 is 0 Å². The fourth-order valence-corrected chi connectivity index (χ4v) is 4.23. The molecular formula is C19H18F3N3O3S. The Balaban J connectivity index is 2.17. The average molecular weight is 425 g/mol. The van der Waals surface area contributed by atoms with Crippen molar-refractivity contribution in [2.75, 3.05) is 6.54 Å². The lowest BCUT2D eigenvalue weighted by Gasteiger charge is -2.28. The van der Waals surface area contributed by atoms with E-state index in [1.807, 2.05) is 0 Å². The van der Waals surface area contributed by atoms with Crippen molar-refractivity contribution in [3.05, 3.63) is 66.2 Å². The number of nitrogens with one attached hydrogen (secondary N) is 1. The van der Waals surface area contributed by atoms with Gasteiger partial charge < -0.3 is 0 Å². The van der Waals surface area contributed by atoms with Gasteiger partial charge in [-0.2, -0.15) is 17.9 Å². The Morgan fingerprint density at radius 2 is 1.59 bits per heavy atom. The van der Waals surface area contributed by atoms with Crippen molar-refractivity contribution in [1.82, 2.24) is 9.62 Å². The highest BCUT2D eigenvalue weighted by molar-refractivity contribution is 7.89. The van der Waals surface area contributed by atoms with Crippen molar-refractivity contribution in [2.45, 2.75) is 30.1 Å². The maximum Gasteiger partial charge on any atom is 0.437 e. The molecule has 1 amide bonds. The molecule has 1 atom stereocenters. The predicted molar refractivity (Wildman–Crippen MR) is 101 cm³/mol. The highest BCUT2D eigenvalue weighted by atomic mass is 32.2. The van der Waals surface area contributed by atoms with Gasteiger partial charge in [0.05, 0.1) is 4.90 Å². The second-order valence-corrected chi connectivity index (χ2v) is 8.07. The summed E-state index contributed by atoms with van der Waals surface area (Å²) in [4.78, 5) is 17.0. The summed E-state index contributed by atoms with van der Waals surface area (Å²) in [6, 6.07) is 14.4. The van der Waals surface area contributed by atoms with E-state index < -0.39 is 32.7 Å². The van der Waals surface area contributed by atoms with Crippen LogP contribution in [0.4, 0.5) is 13.2 Å². The van der Waals surface area contributed by atoms with Crippen molar-refractivity contribution in [3.8, 4) is 0 Å². The van der Waals surface area contributed by atoms with Crippen LogP contribution in [0.15, 0.2) is 70.6 Å². The summed E-state index contributed by atoms with van der Waals surface area (Å²) in [5.74, 6) is -1.71. The number of hydrogen-bond acceptors (Lipinski definition) is 4. The van der Waals surface area contributed by atoms with Gasteiger partial charge in [0.25, 0.3) is 5.91 Å². The van der Waals surface area contributed by atoms with E-state index in [0.29, 0.717) is 6.42 Å². The summed E-state index contributed by atoms with van der Waals surface area (Å²) in [7, 11) is -4.69. The van der Waals surface area contributed by atoms with Gasteiger partial charge in [0.2, 0.25) is 10.0 Å². The molecule has 3 rings (SSSR count). The number of alkyl halides is 3. The zero-order valence-electron chi connectivity index (χ0n) is 15.3. The lowest BCUT2D eigenvalue weighted by molar-refractivity contribution is -0.194. The van der Waals surface area contributed by atoms with E-state index in [0.717, 1.165) is 17.0 Å². The summed E-state index contributed by atoms with van der Waals surface area (Å²) in [6.07, 6.45) is -4.94. The molecule has 10 heteroatoms. The number of sulfonamides is 1. The first-order valence-corrected chi connectivity index (χ1v) is 10.2. The molecule has 6 nitrogen and oxygen atoms in total. The van der Waals surface area contributed by atoms with Gasteiger partial charge in [0, 0.05) is 12.1 Å². The molecule has 0 saturated heterocycles. The standard InChI is InChI=1S/C19H18F3N3O3S/c1-2-13-25-16(14-9-5-3-6-10-14)23-18(17(25)26,19(20,21)22)24-29(27,28)15-11-7-4-8-12-15/h3-12,24H,2,13H2,1H3. The van der Waals surface area contributed by atoms with Crippen LogP contribution in [-0.4, -0.2) is 43.4 Å². The topological polar surface area (TPSA) is 78.8 Å². The molecular weight excluding hydrogens is 407 g/mol. The lowest BCUT2D eigenvalue weighted by atomic mass is 10.1. The van der Waals surface area contributed by atoms with Crippen molar-refractivity contribution in [2.24, 2.45) is 4.99 Å². The molecule has 0 fully saturated rings. The monoisotopic (exact) mass is 425 g/mol. The molecule has 29 heavy (non-hydrogen) atoms. The van der Waals surface area contributed by atoms with Crippen molar-refractivity contribution in [3.63, 3.8) is 0 Å². The fraction of sp³-hybridized carbons (Fsp3) is 0.263. The Kier molecular flexibility index (Phi) is 5.50. The second-order valence-electron chi connectivity index (χ2n) is 6.38. The molecule has 1 aliphatic heterocycles. The Hall–Kier alpha value is -2.72. The van der Waals surface area contributed by atoms with Gasteiger partial charge in [-0.05, 0) is 18.6 Å². The average Bonchev–Trinajstić information content (AvgIpc) is 2.96. The van der Waals surface area contributed by atoms with Crippen molar-refractivity contribution < 1.29 is 26.4 Å². The van der Waals surface area contributed by atoms with Gasteiger partial charge in [-0.25, -0.2) is 13.4 Å². The number of amides is 1. The summed E-state index contributed by atoms with van der Waals surface area (Å²) in [5.41, 5.74) is -3.36. The van der Waals surface area contributed by atoms with E-state index in [4.69, 9.17) is 0 Å².